The topological polar surface area (TPSA) is 66.0 Å². The van der Waals surface area contributed by atoms with Crippen LogP contribution in [0.4, 0.5) is 0 Å². The van der Waals surface area contributed by atoms with Gasteiger partial charge in [-0.05, 0) is 6.07 Å². The average Bonchev–Trinajstić information content (AvgIpc) is 2.38. The van der Waals surface area contributed by atoms with Crippen LogP contribution < -0.4 is 5.32 Å². The van der Waals surface area contributed by atoms with E-state index in [-0.39, 0.29) is 0 Å². The zero-order chi connectivity index (χ0) is 7.40. The van der Waals surface area contributed by atoms with Gasteiger partial charge in [0.25, 0.3) is 5.91 Å². The molecular weight excluding hydrogens is 132 g/mol. The molecule has 0 unspecified atom stereocenters. The summed E-state index contributed by atoms with van der Waals surface area (Å²) in [5.74, 6) is -0.448. The molecule has 0 spiro atoms. The largest absolute Gasteiger partial charge is 0.472 e. The van der Waals surface area contributed by atoms with Gasteiger partial charge in [0.1, 0.15) is 6.26 Å². The summed E-state index contributed by atoms with van der Waals surface area (Å²) in [5.41, 5.74) is 0.349. The standard InChI is InChI=1S/C6H4N2O2/c7-4-8-6(9)5-1-2-10-3-5/h1-3H,(H,8,9). The summed E-state index contributed by atoms with van der Waals surface area (Å²) in [7, 11) is 0. The molecule has 4 heteroatoms. The van der Waals surface area contributed by atoms with Gasteiger partial charge in [-0.15, -0.1) is 0 Å². The first-order valence-electron chi connectivity index (χ1n) is 2.56. The lowest BCUT2D eigenvalue weighted by Crippen LogP contribution is -2.16. The molecule has 1 rings (SSSR count). The number of nitrogens with zero attached hydrogens (tertiary/aromatic N) is 1. The highest BCUT2D eigenvalue weighted by molar-refractivity contribution is 5.94. The van der Waals surface area contributed by atoms with Crippen molar-refractivity contribution >= 4 is 5.91 Å². The fourth-order valence-corrected chi connectivity index (χ4v) is 0.517. The highest BCUT2D eigenvalue weighted by Crippen LogP contribution is 1.97. The van der Waals surface area contributed by atoms with E-state index in [1.54, 1.807) is 0 Å². The molecule has 0 aliphatic carbocycles. The minimum absolute atomic E-state index is 0.349. The molecule has 10 heavy (non-hydrogen) atoms. The van der Waals surface area contributed by atoms with Crippen LogP contribution in [-0.2, 0) is 0 Å². The second-order valence-corrected chi connectivity index (χ2v) is 1.58. The molecule has 0 saturated carbocycles. The third kappa shape index (κ3) is 1.14. The van der Waals surface area contributed by atoms with E-state index in [1.165, 1.54) is 24.8 Å². The number of amides is 1. The molecule has 0 fully saturated rings. The zero-order valence-corrected chi connectivity index (χ0v) is 5.00. The molecule has 0 atom stereocenters. The van der Waals surface area contributed by atoms with Gasteiger partial charge in [0, 0.05) is 0 Å². The van der Waals surface area contributed by atoms with E-state index in [0.29, 0.717) is 5.56 Å². The van der Waals surface area contributed by atoms with Gasteiger partial charge in [0.05, 0.1) is 11.8 Å². The zero-order valence-electron chi connectivity index (χ0n) is 5.00. The van der Waals surface area contributed by atoms with Crippen molar-refractivity contribution in [1.82, 2.24) is 5.32 Å². The van der Waals surface area contributed by atoms with Gasteiger partial charge in [-0.2, -0.15) is 5.26 Å². The van der Waals surface area contributed by atoms with Crippen LogP contribution in [-0.4, -0.2) is 5.91 Å². The third-order valence-electron chi connectivity index (χ3n) is 0.953. The van der Waals surface area contributed by atoms with Crippen molar-refractivity contribution in [3.8, 4) is 6.19 Å². The van der Waals surface area contributed by atoms with Crippen molar-refractivity contribution in [3.63, 3.8) is 0 Å². The number of rotatable bonds is 1. The molecule has 50 valence electrons. The van der Waals surface area contributed by atoms with Gasteiger partial charge in [-0.3, -0.25) is 10.1 Å². The Balaban J connectivity index is 2.71. The van der Waals surface area contributed by atoms with Crippen LogP contribution in [0.5, 0.6) is 0 Å². The summed E-state index contributed by atoms with van der Waals surface area (Å²) in [6, 6.07) is 1.48. The fraction of sp³-hybridized carbons (Fsp3) is 0. The maximum absolute atomic E-state index is 10.7. The predicted octanol–water partition coefficient (Wildman–Crippen LogP) is 0.490. The van der Waals surface area contributed by atoms with Gasteiger partial charge in [-0.25, -0.2) is 0 Å². The Kier molecular flexibility index (Phi) is 1.71. The molecule has 0 bridgehead atoms. The Morgan fingerprint density at radius 1 is 1.80 bits per heavy atom. The molecule has 1 amide bonds. The number of carbonyl (C=O) groups is 1. The van der Waals surface area contributed by atoms with Crippen molar-refractivity contribution in [2.24, 2.45) is 0 Å². The van der Waals surface area contributed by atoms with Crippen molar-refractivity contribution in [3.05, 3.63) is 24.2 Å². The van der Waals surface area contributed by atoms with Crippen molar-refractivity contribution in [1.29, 1.82) is 5.26 Å². The van der Waals surface area contributed by atoms with Crippen LogP contribution in [0.25, 0.3) is 0 Å². The van der Waals surface area contributed by atoms with E-state index in [9.17, 15) is 4.79 Å². The number of furan rings is 1. The Bertz CT molecular complexity index is 258. The second kappa shape index (κ2) is 2.69. The van der Waals surface area contributed by atoms with Crippen LogP contribution in [0.15, 0.2) is 23.0 Å². The van der Waals surface area contributed by atoms with Crippen molar-refractivity contribution in [2.75, 3.05) is 0 Å². The third-order valence-corrected chi connectivity index (χ3v) is 0.953. The maximum atomic E-state index is 10.7. The lowest BCUT2D eigenvalue weighted by molar-refractivity contribution is 0.0972. The van der Waals surface area contributed by atoms with E-state index in [0.717, 1.165) is 0 Å². The van der Waals surface area contributed by atoms with E-state index in [2.05, 4.69) is 4.42 Å². The molecule has 0 aromatic carbocycles. The van der Waals surface area contributed by atoms with Gasteiger partial charge in [0.15, 0.2) is 6.19 Å². The molecule has 0 radical (unpaired) electrons. The van der Waals surface area contributed by atoms with E-state index in [4.69, 9.17) is 5.26 Å². The molecule has 0 saturated heterocycles. The highest BCUT2D eigenvalue weighted by Gasteiger charge is 2.03. The average molecular weight is 136 g/mol. The van der Waals surface area contributed by atoms with Gasteiger partial charge < -0.3 is 4.42 Å². The predicted molar refractivity (Wildman–Crippen MR) is 31.8 cm³/mol. The lowest BCUT2D eigenvalue weighted by Gasteiger charge is -1.87. The number of hydrogen-bond acceptors (Lipinski definition) is 3. The molecule has 4 nitrogen and oxygen atoms in total. The van der Waals surface area contributed by atoms with Crippen LogP contribution in [0.3, 0.4) is 0 Å². The van der Waals surface area contributed by atoms with Crippen molar-refractivity contribution in [2.45, 2.75) is 0 Å². The first-order chi connectivity index (χ1) is 4.84. The summed E-state index contributed by atoms with van der Waals surface area (Å²) in [6.07, 6.45) is 4.15. The van der Waals surface area contributed by atoms with Crippen LogP contribution in [0.2, 0.25) is 0 Å². The molecular formula is C6H4N2O2. The van der Waals surface area contributed by atoms with Crippen LogP contribution in [0.1, 0.15) is 10.4 Å². The summed E-state index contributed by atoms with van der Waals surface area (Å²) < 4.78 is 4.61. The Morgan fingerprint density at radius 2 is 2.60 bits per heavy atom. The molecule has 0 aliphatic heterocycles. The van der Waals surface area contributed by atoms with E-state index < -0.39 is 5.91 Å². The Hall–Kier alpha value is -1.76. The first-order valence-corrected chi connectivity index (χ1v) is 2.56. The monoisotopic (exact) mass is 136 g/mol. The number of hydrogen-bond donors (Lipinski definition) is 1. The van der Waals surface area contributed by atoms with Gasteiger partial charge >= 0.3 is 0 Å². The number of carbonyl (C=O) groups excluding carboxylic acids is 1. The molecule has 1 heterocycles. The van der Waals surface area contributed by atoms with Crippen molar-refractivity contribution < 1.29 is 9.21 Å². The maximum Gasteiger partial charge on any atom is 0.267 e. The van der Waals surface area contributed by atoms with Crippen LogP contribution in [0, 0.1) is 11.5 Å². The minimum Gasteiger partial charge on any atom is -0.472 e. The fourth-order valence-electron chi connectivity index (χ4n) is 0.517. The molecule has 1 aromatic rings. The van der Waals surface area contributed by atoms with E-state index >= 15 is 0 Å². The first kappa shape index (κ1) is 6.36. The van der Waals surface area contributed by atoms with Gasteiger partial charge in [-0.1, -0.05) is 0 Å². The molecule has 0 aliphatic rings. The lowest BCUT2D eigenvalue weighted by atomic mass is 10.3. The smallest absolute Gasteiger partial charge is 0.267 e. The SMILES string of the molecule is N#CNC(=O)c1ccoc1. The number of nitrogens with one attached hydrogen (secondary N) is 1. The normalized spacial score (nSPS) is 8.30. The Labute approximate surface area is 57.1 Å². The summed E-state index contributed by atoms with van der Waals surface area (Å²) >= 11 is 0. The molecule has 1 aromatic heterocycles. The Morgan fingerprint density at radius 3 is 3.10 bits per heavy atom. The second-order valence-electron chi connectivity index (χ2n) is 1.58. The van der Waals surface area contributed by atoms with E-state index in [1.807, 2.05) is 5.32 Å². The summed E-state index contributed by atoms with van der Waals surface area (Å²) in [6.45, 7) is 0. The highest BCUT2D eigenvalue weighted by atomic mass is 16.3. The quantitative estimate of drug-likeness (QED) is 0.451. The molecule has 1 N–H and O–H groups in total. The summed E-state index contributed by atoms with van der Waals surface area (Å²) in [5, 5.41) is 9.98. The summed E-state index contributed by atoms with van der Waals surface area (Å²) in [4.78, 5) is 10.7. The van der Waals surface area contributed by atoms with Crippen LogP contribution >= 0.6 is 0 Å². The number of nitriles is 1. The minimum atomic E-state index is -0.448. The van der Waals surface area contributed by atoms with Gasteiger partial charge in [0.2, 0.25) is 0 Å².